The van der Waals surface area contributed by atoms with Gasteiger partial charge in [0.15, 0.2) is 0 Å². The number of aromatic nitrogens is 2. The summed E-state index contributed by atoms with van der Waals surface area (Å²) in [7, 11) is 0. The Labute approximate surface area is 100 Å². The lowest BCUT2D eigenvalue weighted by Crippen LogP contribution is -2.18. The van der Waals surface area contributed by atoms with E-state index in [1.807, 2.05) is 12.1 Å². The fourth-order valence-corrected chi connectivity index (χ4v) is 2.49. The van der Waals surface area contributed by atoms with Crippen LogP contribution in [0.4, 0.5) is 0 Å². The van der Waals surface area contributed by atoms with Crippen LogP contribution in [0.3, 0.4) is 0 Å². The second-order valence-electron chi connectivity index (χ2n) is 4.68. The molecule has 1 fully saturated rings. The SMILES string of the molecule is NCCn1c(C2CCC2)nc2c(O)cccc21. The van der Waals surface area contributed by atoms with Crippen molar-refractivity contribution >= 4 is 11.0 Å². The van der Waals surface area contributed by atoms with E-state index in [1.165, 1.54) is 19.3 Å². The molecule has 17 heavy (non-hydrogen) atoms. The molecule has 4 heteroatoms. The molecular formula is C13H17N3O. The fourth-order valence-electron chi connectivity index (χ4n) is 2.49. The second-order valence-corrected chi connectivity index (χ2v) is 4.68. The van der Waals surface area contributed by atoms with Gasteiger partial charge in [-0.05, 0) is 25.0 Å². The number of phenols is 1. The van der Waals surface area contributed by atoms with Crippen molar-refractivity contribution in [2.45, 2.75) is 31.7 Å². The van der Waals surface area contributed by atoms with E-state index in [1.54, 1.807) is 6.07 Å². The smallest absolute Gasteiger partial charge is 0.143 e. The van der Waals surface area contributed by atoms with E-state index in [-0.39, 0.29) is 5.75 Å². The molecule has 1 aromatic carbocycles. The number of nitrogens with two attached hydrogens (primary N) is 1. The van der Waals surface area contributed by atoms with Gasteiger partial charge < -0.3 is 15.4 Å². The first kappa shape index (κ1) is 10.6. The number of para-hydroxylation sites is 1. The van der Waals surface area contributed by atoms with Crippen molar-refractivity contribution in [2.75, 3.05) is 6.54 Å². The van der Waals surface area contributed by atoms with Gasteiger partial charge in [0.1, 0.15) is 17.1 Å². The van der Waals surface area contributed by atoms with Gasteiger partial charge in [0.25, 0.3) is 0 Å². The molecule has 1 heterocycles. The molecule has 1 aliphatic rings. The molecule has 4 nitrogen and oxygen atoms in total. The number of hydrogen-bond acceptors (Lipinski definition) is 3. The van der Waals surface area contributed by atoms with E-state index < -0.39 is 0 Å². The lowest BCUT2D eigenvalue weighted by molar-refractivity contribution is 0.389. The molecule has 0 atom stereocenters. The van der Waals surface area contributed by atoms with Crippen LogP contribution in [0, 0.1) is 0 Å². The molecule has 0 bridgehead atoms. The highest BCUT2D eigenvalue weighted by molar-refractivity contribution is 5.82. The Balaban J connectivity index is 2.18. The summed E-state index contributed by atoms with van der Waals surface area (Å²) in [6, 6.07) is 5.55. The van der Waals surface area contributed by atoms with Crippen LogP contribution in [0.5, 0.6) is 5.75 Å². The minimum atomic E-state index is 0.263. The highest BCUT2D eigenvalue weighted by atomic mass is 16.3. The number of imidazole rings is 1. The molecule has 0 spiro atoms. The maximum atomic E-state index is 9.84. The molecule has 1 saturated carbocycles. The summed E-state index contributed by atoms with van der Waals surface area (Å²) in [4.78, 5) is 4.61. The molecular weight excluding hydrogens is 214 g/mol. The second kappa shape index (κ2) is 4.04. The van der Waals surface area contributed by atoms with Crippen molar-refractivity contribution in [3.8, 4) is 5.75 Å². The molecule has 3 rings (SSSR count). The molecule has 1 aromatic heterocycles. The summed E-state index contributed by atoms with van der Waals surface area (Å²) in [5, 5.41) is 9.84. The van der Waals surface area contributed by atoms with Crippen LogP contribution < -0.4 is 5.73 Å². The minimum absolute atomic E-state index is 0.263. The predicted molar refractivity (Wildman–Crippen MR) is 67.0 cm³/mol. The highest BCUT2D eigenvalue weighted by Gasteiger charge is 2.26. The zero-order chi connectivity index (χ0) is 11.8. The van der Waals surface area contributed by atoms with E-state index in [2.05, 4.69) is 9.55 Å². The lowest BCUT2D eigenvalue weighted by Gasteiger charge is -2.25. The van der Waals surface area contributed by atoms with Gasteiger partial charge in [-0.1, -0.05) is 12.5 Å². The minimum Gasteiger partial charge on any atom is -0.506 e. The Morgan fingerprint density at radius 3 is 2.88 bits per heavy atom. The molecule has 0 radical (unpaired) electrons. The van der Waals surface area contributed by atoms with Crippen LogP contribution in [-0.2, 0) is 6.54 Å². The van der Waals surface area contributed by atoms with Crippen molar-refractivity contribution in [1.82, 2.24) is 9.55 Å². The van der Waals surface area contributed by atoms with Crippen molar-refractivity contribution in [3.63, 3.8) is 0 Å². The number of fused-ring (bicyclic) bond motifs is 1. The first-order valence-electron chi connectivity index (χ1n) is 6.19. The summed E-state index contributed by atoms with van der Waals surface area (Å²) in [6.07, 6.45) is 3.69. The Bertz CT molecular complexity index is 543. The van der Waals surface area contributed by atoms with Gasteiger partial charge in [-0.25, -0.2) is 4.98 Å². The van der Waals surface area contributed by atoms with E-state index in [0.29, 0.717) is 18.0 Å². The van der Waals surface area contributed by atoms with Gasteiger partial charge in [-0.2, -0.15) is 0 Å². The van der Waals surface area contributed by atoms with Crippen molar-refractivity contribution in [2.24, 2.45) is 5.73 Å². The quantitative estimate of drug-likeness (QED) is 0.848. The molecule has 2 aromatic rings. The van der Waals surface area contributed by atoms with E-state index in [0.717, 1.165) is 17.9 Å². The van der Waals surface area contributed by atoms with E-state index >= 15 is 0 Å². The van der Waals surface area contributed by atoms with Crippen LogP contribution in [0.2, 0.25) is 0 Å². The third-order valence-corrected chi connectivity index (χ3v) is 3.61. The number of phenolic OH excluding ortho intramolecular Hbond substituents is 1. The average molecular weight is 231 g/mol. The Kier molecular flexibility index (Phi) is 2.52. The standard InChI is InChI=1S/C13H17N3O/c14-7-8-16-10-5-2-6-11(17)12(10)15-13(16)9-3-1-4-9/h2,5-6,9,17H,1,3-4,7-8,14H2. The largest absolute Gasteiger partial charge is 0.506 e. The van der Waals surface area contributed by atoms with Crippen molar-refractivity contribution < 1.29 is 5.11 Å². The third-order valence-electron chi connectivity index (χ3n) is 3.61. The molecule has 0 amide bonds. The number of aromatic hydroxyl groups is 1. The third kappa shape index (κ3) is 1.60. The fraction of sp³-hybridized carbons (Fsp3) is 0.462. The predicted octanol–water partition coefficient (Wildman–Crippen LogP) is 1.97. The average Bonchev–Trinajstić information content (AvgIpc) is 2.58. The van der Waals surface area contributed by atoms with Crippen molar-refractivity contribution in [1.29, 1.82) is 0 Å². The number of nitrogens with zero attached hydrogens (tertiary/aromatic N) is 2. The Hall–Kier alpha value is -1.55. The number of hydrogen-bond donors (Lipinski definition) is 2. The molecule has 0 unspecified atom stereocenters. The summed E-state index contributed by atoms with van der Waals surface area (Å²) in [5.41, 5.74) is 7.37. The topological polar surface area (TPSA) is 64.1 Å². The first-order chi connectivity index (χ1) is 8.31. The van der Waals surface area contributed by atoms with E-state index in [9.17, 15) is 5.11 Å². The summed E-state index contributed by atoms with van der Waals surface area (Å²) in [5.74, 6) is 1.91. The van der Waals surface area contributed by atoms with Gasteiger partial charge >= 0.3 is 0 Å². The summed E-state index contributed by atoms with van der Waals surface area (Å²) >= 11 is 0. The van der Waals surface area contributed by atoms with Crippen molar-refractivity contribution in [3.05, 3.63) is 24.0 Å². The van der Waals surface area contributed by atoms with Crippen LogP contribution in [0.25, 0.3) is 11.0 Å². The Morgan fingerprint density at radius 1 is 1.41 bits per heavy atom. The Morgan fingerprint density at radius 2 is 2.24 bits per heavy atom. The summed E-state index contributed by atoms with van der Waals surface area (Å²) < 4.78 is 2.17. The van der Waals surface area contributed by atoms with Gasteiger partial charge in [-0.3, -0.25) is 0 Å². The van der Waals surface area contributed by atoms with Crippen LogP contribution in [-0.4, -0.2) is 21.2 Å². The molecule has 0 aliphatic heterocycles. The van der Waals surface area contributed by atoms with E-state index in [4.69, 9.17) is 5.73 Å². The van der Waals surface area contributed by atoms with Gasteiger partial charge in [0.2, 0.25) is 0 Å². The van der Waals surface area contributed by atoms with Crippen LogP contribution in [0.1, 0.15) is 31.0 Å². The monoisotopic (exact) mass is 231 g/mol. The molecule has 3 N–H and O–H groups in total. The molecule has 0 saturated heterocycles. The van der Waals surface area contributed by atoms with Gasteiger partial charge in [0.05, 0.1) is 5.52 Å². The zero-order valence-corrected chi connectivity index (χ0v) is 9.76. The van der Waals surface area contributed by atoms with Crippen LogP contribution in [0.15, 0.2) is 18.2 Å². The summed E-state index contributed by atoms with van der Waals surface area (Å²) in [6.45, 7) is 1.37. The molecule has 1 aliphatic carbocycles. The lowest BCUT2D eigenvalue weighted by atomic mass is 9.85. The van der Waals surface area contributed by atoms with Gasteiger partial charge in [-0.15, -0.1) is 0 Å². The zero-order valence-electron chi connectivity index (χ0n) is 9.76. The first-order valence-corrected chi connectivity index (χ1v) is 6.19. The number of rotatable bonds is 3. The van der Waals surface area contributed by atoms with Gasteiger partial charge in [0, 0.05) is 19.0 Å². The maximum absolute atomic E-state index is 9.84. The normalized spacial score (nSPS) is 16.3. The number of benzene rings is 1. The maximum Gasteiger partial charge on any atom is 0.143 e. The van der Waals surface area contributed by atoms with Crippen LogP contribution >= 0.6 is 0 Å². The molecule has 90 valence electrons. The highest BCUT2D eigenvalue weighted by Crippen LogP contribution is 2.38.